The zero-order valence-corrected chi connectivity index (χ0v) is 36.9. The molecule has 0 radical (unpaired) electrons. The summed E-state index contributed by atoms with van der Waals surface area (Å²) in [5.41, 5.74) is 14.4. The molecule has 302 valence electrons. The average molecular weight is 846 g/mol. The van der Waals surface area contributed by atoms with Crippen molar-refractivity contribution >= 4 is 63.0 Å². The van der Waals surface area contributed by atoms with Crippen LogP contribution in [0.4, 0.5) is 0 Å². The summed E-state index contributed by atoms with van der Waals surface area (Å²) in [6.45, 7) is 4.91. The standard InChI is InChI=1S/C58H43N3S2/c1-57(2)45-21-7-3-13-35(45)43-30-44-36-14-4-8-22-46(36)58(33-26-31-25-32(28-33)29-34(58)27-31)51(44)49(50(43)57)56-60-54(41-19-11-17-39-37-15-5-9-23-47(37)62-52(39)41)59-55(61-56)42-20-12-18-40-38-16-6-10-24-48(38)63-53(40)42/h3-24,30-34H,25-29H2,1-2H3. The summed E-state index contributed by atoms with van der Waals surface area (Å²) in [5, 5.41) is 5.07. The van der Waals surface area contributed by atoms with Crippen LogP contribution < -0.4 is 0 Å². The van der Waals surface area contributed by atoms with Gasteiger partial charge in [0, 0.05) is 67.9 Å². The number of rotatable bonds is 3. The van der Waals surface area contributed by atoms with Gasteiger partial charge in [0.05, 0.1) is 0 Å². The van der Waals surface area contributed by atoms with Crippen LogP contribution in [0.1, 0.15) is 68.2 Å². The highest BCUT2D eigenvalue weighted by molar-refractivity contribution is 7.26. The normalized spacial score (nSPS) is 23.3. The summed E-state index contributed by atoms with van der Waals surface area (Å²) in [6.07, 6.45) is 6.68. The van der Waals surface area contributed by atoms with E-state index in [2.05, 4.69) is 153 Å². The fourth-order valence-electron chi connectivity index (χ4n) is 14.4. The van der Waals surface area contributed by atoms with Crippen LogP contribution in [0.25, 0.3) is 96.8 Å². The molecule has 7 aromatic carbocycles. The van der Waals surface area contributed by atoms with Crippen LogP contribution in [-0.2, 0) is 10.8 Å². The summed E-state index contributed by atoms with van der Waals surface area (Å²) >= 11 is 3.70. The molecule has 0 aliphatic heterocycles. The first-order chi connectivity index (χ1) is 30.9. The third-order valence-corrected chi connectivity index (χ3v) is 18.9. The first-order valence-electron chi connectivity index (χ1n) is 22.9. The van der Waals surface area contributed by atoms with Crippen molar-refractivity contribution in [3.05, 3.63) is 162 Å². The van der Waals surface area contributed by atoms with Crippen LogP contribution in [0.5, 0.6) is 0 Å². The highest BCUT2D eigenvalue weighted by Gasteiger charge is 2.63. The molecule has 4 saturated carbocycles. The van der Waals surface area contributed by atoms with Crippen LogP contribution >= 0.6 is 22.7 Å². The minimum Gasteiger partial charge on any atom is -0.208 e. The number of thiophene rings is 2. The van der Waals surface area contributed by atoms with Gasteiger partial charge in [-0.2, -0.15) is 0 Å². The molecule has 4 bridgehead atoms. The van der Waals surface area contributed by atoms with Crippen molar-refractivity contribution in [1.82, 2.24) is 15.0 Å². The van der Waals surface area contributed by atoms with Crippen molar-refractivity contribution in [2.24, 2.45) is 23.7 Å². The quantitative estimate of drug-likeness (QED) is 0.178. The molecule has 6 aliphatic carbocycles. The monoisotopic (exact) mass is 845 g/mol. The maximum atomic E-state index is 5.87. The SMILES string of the molecule is CC1(C)c2ccccc2-c2cc3c(c(-c4nc(-c5cccc6c5sc5ccccc56)nc(-c5cccc6c5sc5ccccc56)n4)c21)C1(c2ccccc2-3)C2CC3CC(C2)CC1C3. The van der Waals surface area contributed by atoms with Gasteiger partial charge in [-0.05, 0) is 131 Å². The van der Waals surface area contributed by atoms with Gasteiger partial charge in [0.1, 0.15) is 0 Å². The van der Waals surface area contributed by atoms with E-state index in [1.165, 1.54) is 117 Å². The number of aromatic nitrogens is 3. The Kier molecular flexibility index (Phi) is 6.96. The molecular formula is C58H43N3S2. The van der Waals surface area contributed by atoms with Crippen molar-refractivity contribution in [3.8, 4) is 56.4 Å². The van der Waals surface area contributed by atoms with Gasteiger partial charge < -0.3 is 0 Å². The van der Waals surface area contributed by atoms with E-state index in [4.69, 9.17) is 15.0 Å². The zero-order valence-electron chi connectivity index (χ0n) is 35.3. The molecule has 0 saturated heterocycles. The molecule has 0 amide bonds. The molecule has 63 heavy (non-hydrogen) atoms. The number of benzene rings is 7. The molecule has 3 nitrogen and oxygen atoms in total. The second-order valence-corrected chi connectivity index (χ2v) is 22.0. The first-order valence-corrected chi connectivity index (χ1v) is 24.6. The summed E-state index contributed by atoms with van der Waals surface area (Å²) in [6, 6.07) is 52.3. The van der Waals surface area contributed by atoms with Crippen LogP contribution in [0.2, 0.25) is 0 Å². The highest BCUT2D eigenvalue weighted by atomic mass is 32.1. The molecule has 16 rings (SSSR count). The number of hydrogen-bond donors (Lipinski definition) is 0. The molecule has 0 unspecified atom stereocenters. The fourth-order valence-corrected chi connectivity index (χ4v) is 16.8. The topological polar surface area (TPSA) is 38.7 Å². The lowest BCUT2D eigenvalue weighted by molar-refractivity contribution is -0.0397. The van der Waals surface area contributed by atoms with Gasteiger partial charge in [0.15, 0.2) is 17.5 Å². The van der Waals surface area contributed by atoms with Gasteiger partial charge in [-0.15, -0.1) is 22.7 Å². The zero-order chi connectivity index (χ0) is 41.3. The molecule has 0 N–H and O–H groups in total. The van der Waals surface area contributed by atoms with E-state index >= 15 is 0 Å². The van der Waals surface area contributed by atoms with Gasteiger partial charge in [0.25, 0.3) is 0 Å². The van der Waals surface area contributed by atoms with E-state index < -0.39 is 0 Å². The van der Waals surface area contributed by atoms with E-state index in [0.717, 1.165) is 40.4 Å². The Labute approximate surface area is 374 Å². The van der Waals surface area contributed by atoms with Crippen molar-refractivity contribution in [2.75, 3.05) is 0 Å². The molecule has 5 heteroatoms. The third-order valence-electron chi connectivity index (χ3n) is 16.5. The summed E-state index contributed by atoms with van der Waals surface area (Å²) in [7, 11) is 0. The average Bonchev–Trinajstić information content (AvgIpc) is 4.03. The Morgan fingerprint density at radius 2 is 0.889 bits per heavy atom. The van der Waals surface area contributed by atoms with Crippen LogP contribution in [-0.4, -0.2) is 15.0 Å². The fraction of sp³-hybridized carbons (Fsp3) is 0.224. The Hall–Kier alpha value is -6.01. The van der Waals surface area contributed by atoms with Crippen molar-refractivity contribution in [1.29, 1.82) is 0 Å². The molecule has 10 aromatic rings. The summed E-state index contributed by atoms with van der Waals surface area (Å²) in [4.78, 5) is 17.4. The largest absolute Gasteiger partial charge is 0.208 e. The van der Waals surface area contributed by atoms with E-state index in [-0.39, 0.29) is 10.8 Å². The molecular weight excluding hydrogens is 803 g/mol. The van der Waals surface area contributed by atoms with E-state index in [1.54, 1.807) is 5.56 Å². The minimum absolute atomic E-state index is 0.0848. The Bertz CT molecular complexity index is 3480. The number of nitrogens with zero attached hydrogens (tertiary/aromatic N) is 3. The van der Waals surface area contributed by atoms with Crippen LogP contribution in [0.15, 0.2) is 140 Å². The number of fused-ring (bicyclic) bond motifs is 12. The van der Waals surface area contributed by atoms with Gasteiger partial charge in [-0.1, -0.05) is 123 Å². The molecule has 1 spiro atoms. The van der Waals surface area contributed by atoms with Crippen molar-refractivity contribution in [3.63, 3.8) is 0 Å². The first kappa shape index (κ1) is 35.5. The molecule has 3 heterocycles. The Morgan fingerprint density at radius 1 is 0.429 bits per heavy atom. The molecule has 3 aromatic heterocycles. The molecule has 0 atom stereocenters. The van der Waals surface area contributed by atoms with E-state index in [0.29, 0.717) is 11.8 Å². The summed E-state index contributed by atoms with van der Waals surface area (Å²) < 4.78 is 5.01. The van der Waals surface area contributed by atoms with Gasteiger partial charge in [-0.3, -0.25) is 0 Å². The second-order valence-electron chi connectivity index (χ2n) is 19.9. The van der Waals surface area contributed by atoms with E-state index in [1.807, 2.05) is 22.7 Å². The van der Waals surface area contributed by atoms with E-state index in [9.17, 15) is 0 Å². The van der Waals surface area contributed by atoms with Crippen molar-refractivity contribution in [2.45, 2.75) is 56.8 Å². The lowest BCUT2D eigenvalue weighted by Crippen LogP contribution is -2.55. The van der Waals surface area contributed by atoms with Gasteiger partial charge >= 0.3 is 0 Å². The maximum absolute atomic E-state index is 5.87. The lowest BCUT2D eigenvalue weighted by Gasteiger charge is -2.61. The Morgan fingerprint density at radius 3 is 1.49 bits per heavy atom. The third kappa shape index (κ3) is 4.52. The second kappa shape index (κ2) is 12.4. The number of hydrogen-bond acceptors (Lipinski definition) is 5. The smallest absolute Gasteiger partial charge is 0.165 e. The molecule has 6 aliphatic rings. The van der Waals surface area contributed by atoms with Gasteiger partial charge in [-0.25, -0.2) is 15.0 Å². The van der Waals surface area contributed by atoms with Crippen molar-refractivity contribution < 1.29 is 0 Å². The predicted octanol–water partition coefficient (Wildman–Crippen LogP) is 15.6. The highest BCUT2D eigenvalue weighted by Crippen LogP contribution is 2.72. The lowest BCUT2D eigenvalue weighted by atomic mass is 9.42. The Balaban J connectivity index is 1.10. The maximum Gasteiger partial charge on any atom is 0.165 e. The summed E-state index contributed by atoms with van der Waals surface area (Å²) in [5.74, 6) is 5.19. The van der Waals surface area contributed by atoms with Crippen LogP contribution in [0, 0.1) is 23.7 Å². The van der Waals surface area contributed by atoms with Gasteiger partial charge in [0.2, 0.25) is 0 Å². The molecule has 4 fully saturated rings. The minimum atomic E-state index is -0.276. The van der Waals surface area contributed by atoms with Crippen LogP contribution in [0.3, 0.4) is 0 Å². The predicted molar refractivity (Wildman–Crippen MR) is 263 cm³/mol.